The van der Waals surface area contributed by atoms with Crippen molar-refractivity contribution in [3.05, 3.63) is 0 Å². The molecule has 0 saturated carbocycles. The van der Waals surface area contributed by atoms with Gasteiger partial charge in [0.1, 0.15) is 0 Å². The zero-order valence-corrected chi connectivity index (χ0v) is 6.84. The van der Waals surface area contributed by atoms with Crippen LogP contribution in [0.3, 0.4) is 0 Å². The molecule has 0 aliphatic carbocycles. The molecule has 4 heteroatoms. The molecule has 0 aromatic carbocycles. The molecule has 1 heterocycles. The molecule has 1 atom stereocenters. The monoisotopic (exact) mass is 157 g/mol. The summed E-state index contributed by atoms with van der Waals surface area (Å²) < 4.78 is 0. The lowest BCUT2D eigenvalue weighted by molar-refractivity contribution is -0.120. The van der Waals surface area contributed by atoms with Crippen LogP contribution in [0.5, 0.6) is 0 Å². The lowest BCUT2D eigenvalue weighted by Gasteiger charge is -2.16. The summed E-state index contributed by atoms with van der Waals surface area (Å²) >= 11 is 0. The molecule has 1 fully saturated rings. The highest BCUT2D eigenvalue weighted by molar-refractivity contribution is 5.80. The average Bonchev–Trinajstić information content (AvgIpc) is 2.13. The topological polar surface area (TPSA) is 58.4 Å². The SMILES string of the molecule is CN1CCCNC(C(N)=O)C1. The minimum Gasteiger partial charge on any atom is -0.368 e. The van der Waals surface area contributed by atoms with Crippen LogP contribution in [-0.4, -0.2) is 43.5 Å². The maximum Gasteiger partial charge on any atom is 0.235 e. The molecule has 64 valence electrons. The van der Waals surface area contributed by atoms with Crippen LogP contribution in [0.2, 0.25) is 0 Å². The average molecular weight is 157 g/mol. The Bertz CT molecular complexity index is 149. The van der Waals surface area contributed by atoms with E-state index >= 15 is 0 Å². The van der Waals surface area contributed by atoms with E-state index in [2.05, 4.69) is 10.2 Å². The van der Waals surface area contributed by atoms with Crippen molar-refractivity contribution in [1.82, 2.24) is 10.2 Å². The Balaban J connectivity index is 2.45. The summed E-state index contributed by atoms with van der Waals surface area (Å²) in [7, 11) is 2.00. The first kappa shape index (κ1) is 8.49. The first-order chi connectivity index (χ1) is 5.20. The Morgan fingerprint density at radius 2 is 2.45 bits per heavy atom. The Hall–Kier alpha value is -0.610. The summed E-state index contributed by atoms with van der Waals surface area (Å²) in [5, 5.41) is 3.10. The van der Waals surface area contributed by atoms with E-state index in [1.807, 2.05) is 7.05 Å². The molecule has 4 nitrogen and oxygen atoms in total. The maximum atomic E-state index is 10.8. The zero-order valence-electron chi connectivity index (χ0n) is 6.84. The molecule has 0 aromatic heterocycles. The van der Waals surface area contributed by atoms with E-state index in [1.165, 1.54) is 0 Å². The summed E-state index contributed by atoms with van der Waals surface area (Å²) in [4.78, 5) is 12.9. The summed E-state index contributed by atoms with van der Waals surface area (Å²) in [5.41, 5.74) is 5.17. The summed E-state index contributed by atoms with van der Waals surface area (Å²) in [6.45, 7) is 2.66. The molecule has 3 N–H and O–H groups in total. The third-order valence-electron chi connectivity index (χ3n) is 1.95. The van der Waals surface area contributed by atoms with Crippen LogP contribution < -0.4 is 11.1 Å². The third-order valence-corrected chi connectivity index (χ3v) is 1.95. The summed E-state index contributed by atoms with van der Waals surface area (Å²) in [5.74, 6) is -0.251. The molecular formula is C7H15N3O. The molecule has 1 unspecified atom stereocenters. The minimum absolute atomic E-state index is 0.164. The van der Waals surface area contributed by atoms with Gasteiger partial charge >= 0.3 is 0 Å². The van der Waals surface area contributed by atoms with Gasteiger partial charge in [-0.2, -0.15) is 0 Å². The fourth-order valence-corrected chi connectivity index (χ4v) is 1.28. The Kier molecular flexibility index (Phi) is 2.84. The number of hydrogen-bond acceptors (Lipinski definition) is 3. The minimum atomic E-state index is -0.251. The quantitative estimate of drug-likeness (QED) is 0.501. The highest BCUT2D eigenvalue weighted by atomic mass is 16.1. The number of amides is 1. The van der Waals surface area contributed by atoms with Gasteiger partial charge in [-0.3, -0.25) is 4.79 Å². The Morgan fingerprint density at radius 1 is 1.73 bits per heavy atom. The van der Waals surface area contributed by atoms with Gasteiger partial charge in [0.2, 0.25) is 5.91 Å². The van der Waals surface area contributed by atoms with Crippen molar-refractivity contribution < 1.29 is 4.79 Å². The number of carbonyl (C=O) groups is 1. The van der Waals surface area contributed by atoms with Crippen molar-refractivity contribution in [3.63, 3.8) is 0 Å². The molecule has 1 aliphatic heterocycles. The molecule has 1 rings (SSSR count). The van der Waals surface area contributed by atoms with E-state index in [-0.39, 0.29) is 11.9 Å². The number of nitrogens with two attached hydrogens (primary N) is 1. The van der Waals surface area contributed by atoms with Crippen LogP contribution in [0, 0.1) is 0 Å². The van der Waals surface area contributed by atoms with Gasteiger partial charge in [-0.1, -0.05) is 0 Å². The van der Waals surface area contributed by atoms with Crippen LogP contribution in [0.25, 0.3) is 0 Å². The van der Waals surface area contributed by atoms with Crippen LogP contribution in [0.4, 0.5) is 0 Å². The standard InChI is InChI=1S/C7H15N3O/c1-10-4-2-3-9-6(5-10)7(8)11/h6,9H,2-5H2,1H3,(H2,8,11). The highest BCUT2D eigenvalue weighted by Crippen LogP contribution is 1.96. The summed E-state index contributed by atoms with van der Waals surface area (Å²) in [6.07, 6.45) is 1.08. The van der Waals surface area contributed by atoms with E-state index in [0.29, 0.717) is 0 Å². The first-order valence-corrected chi connectivity index (χ1v) is 3.91. The van der Waals surface area contributed by atoms with Gasteiger partial charge in [-0.05, 0) is 26.6 Å². The smallest absolute Gasteiger partial charge is 0.235 e. The van der Waals surface area contributed by atoms with Gasteiger partial charge in [0.15, 0.2) is 0 Å². The van der Waals surface area contributed by atoms with E-state index in [4.69, 9.17) is 5.73 Å². The molecule has 1 amide bonds. The van der Waals surface area contributed by atoms with Crippen LogP contribution >= 0.6 is 0 Å². The number of hydrogen-bond donors (Lipinski definition) is 2. The van der Waals surface area contributed by atoms with E-state index in [1.54, 1.807) is 0 Å². The molecule has 1 aliphatic rings. The predicted octanol–water partition coefficient (Wildman–Crippen LogP) is -1.23. The number of primary amides is 1. The zero-order chi connectivity index (χ0) is 8.27. The van der Waals surface area contributed by atoms with Gasteiger partial charge in [0.05, 0.1) is 6.04 Å². The Morgan fingerprint density at radius 3 is 3.09 bits per heavy atom. The second kappa shape index (κ2) is 3.69. The van der Waals surface area contributed by atoms with Crippen molar-refractivity contribution >= 4 is 5.91 Å². The Labute approximate surface area is 66.7 Å². The fraction of sp³-hybridized carbons (Fsp3) is 0.857. The molecule has 11 heavy (non-hydrogen) atoms. The lowest BCUT2D eigenvalue weighted by Crippen LogP contribution is -2.46. The molecule has 0 aromatic rings. The molecule has 0 radical (unpaired) electrons. The molecule has 1 saturated heterocycles. The molecule has 0 bridgehead atoms. The van der Waals surface area contributed by atoms with Crippen molar-refractivity contribution in [2.45, 2.75) is 12.5 Å². The molecular weight excluding hydrogens is 142 g/mol. The number of carbonyl (C=O) groups excluding carboxylic acids is 1. The second-order valence-electron chi connectivity index (χ2n) is 3.02. The van der Waals surface area contributed by atoms with E-state index in [0.717, 1.165) is 26.1 Å². The van der Waals surface area contributed by atoms with Gasteiger partial charge in [-0.15, -0.1) is 0 Å². The fourth-order valence-electron chi connectivity index (χ4n) is 1.28. The third kappa shape index (κ3) is 2.48. The first-order valence-electron chi connectivity index (χ1n) is 3.91. The number of rotatable bonds is 1. The van der Waals surface area contributed by atoms with Crippen molar-refractivity contribution in [2.75, 3.05) is 26.7 Å². The normalized spacial score (nSPS) is 27.9. The van der Waals surface area contributed by atoms with Crippen LogP contribution in [0.15, 0.2) is 0 Å². The van der Waals surface area contributed by atoms with Gasteiger partial charge in [-0.25, -0.2) is 0 Å². The molecule has 0 spiro atoms. The van der Waals surface area contributed by atoms with Crippen molar-refractivity contribution in [1.29, 1.82) is 0 Å². The van der Waals surface area contributed by atoms with Gasteiger partial charge in [0.25, 0.3) is 0 Å². The van der Waals surface area contributed by atoms with Gasteiger partial charge in [0, 0.05) is 6.54 Å². The largest absolute Gasteiger partial charge is 0.368 e. The van der Waals surface area contributed by atoms with Gasteiger partial charge < -0.3 is 16.0 Å². The highest BCUT2D eigenvalue weighted by Gasteiger charge is 2.18. The van der Waals surface area contributed by atoms with Crippen molar-refractivity contribution in [3.8, 4) is 0 Å². The number of likely N-dealkylation sites (N-methyl/N-ethyl adjacent to an activating group) is 1. The number of nitrogens with one attached hydrogen (secondary N) is 1. The van der Waals surface area contributed by atoms with Crippen LogP contribution in [0.1, 0.15) is 6.42 Å². The van der Waals surface area contributed by atoms with E-state index < -0.39 is 0 Å². The lowest BCUT2D eigenvalue weighted by atomic mass is 10.3. The maximum absolute atomic E-state index is 10.8. The summed E-state index contributed by atoms with van der Waals surface area (Å²) in [6, 6.07) is -0.164. The number of nitrogens with zero attached hydrogens (tertiary/aromatic N) is 1. The van der Waals surface area contributed by atoms with Crippen LogP contribution in [-0.2, 0) is 4.79 Å². The van der Waals surface area contributed by atoms with E-state index in [9.17, 15) is 4.79 Å². The predicted molar refractivity (Wildman–Crippen MR) is 43.1 cm³/mol. The van der Waals surface area contributed by atoms with Crippen molar-refractivity contribution in [2.24, 2.45) is 5.73 Å². The second-order valence-corrected chi connectivity index (χ2v) is 3.02.